The molecule has 1 N–H and O–H groups in total. The molecule has 0 spiro atoms. The van der Waals surface area contributed by atoms with Gasteiger partial charge in [0.15, 0.2) is 0 Å². The number of sulfonamides is 1. The first-order valence-corrected chi connectivity index (χ1v) is 6.82. The number of nitrogens with zero attached hydrogens (tertiary/aromatic N) is 1. The second-order valence-corrected chi connectivity index (χ2v) is 5.82. The van der Waals surface area contributed by atoms with Gasteiger partial charge in [0.05, 0.1) is 5.75 Å². The number of hydrogen-bond acceptors (Lipinski definition) is 3. The summed E-state index contributed by atoms with van der Waals surface area (Å²) in [5.41, 5.74) is 0. The molecule has 15 heavy (non-hydrogen) atoms. The van der Waals surface area contributed by atoms with E-state index in [9.17, 15) is 13.2 Å². The Hall–Kier alpha value is -0.620. The highest BCUT2D eigenvalue weighted by Crippen LogP contribution is 2.21. The van der Waals surface area contributed by atoms with Gasteiger partial charge in [-0.2, -0.15) is 4.31 Å². The summed E-state index contributed by atoms with van der Waals surface area (Å²) in [5.74, 6) is -0.995. The first-order chi connectivity index (χ1) is 6.99. The molecule has 0 aromatic rings. The zero-order chi connectivity index (χ0) is 11.5. The quantitative estimate of drug-likeness (QED) is 0.777. The first-order valence-electron chi connectivity index (χ1n) is 5.21. The molecule has 0 amide bonds. The Morgan fingerprint density at radius 2 is 2.13 bits per heavy atom. The molecule has 1 saturated heterocycles. The molecule has 88 valence electrons. The maximum absolute atomic E-state index is 11.8. The minimum atomic E-state index is -3.38. The van der Waals surface area contributed by atoms with Crippen LogP contribution < -0.4 is 0 Å². The molecule has 0 radical (unpaired) electrons. The van der Waals surface area contributed by atoms with Gasteiger partial charge in [-0.3, -0.25) is 4.79 Å². The Kier molecular flexibility index (Phi) is 4.10. The van der Waals surface area contributed by atoms with Crippen LogP contribution in [0.25, 0.3) is 0 Å². The van der Waals surface area contributed by atoms with Crippen LogP contribution in [0.5, 0.6) is 0 Å². The summed E-state index contributed by atoms with van der Waals surface area (Å²) in [5, 5.41) is 8.93. The number of carboxylic acid groups (broad SMARTS) is 1. The van der Waals surface area contributed by atoms with Gasteiger partial charge in [0.1, 0.15) is 6.04 Å². The van der Waals surface area contributed by atoms with Crippen LogP contribution in [0.4, 0.5) is 0 Å². The lowest BCUT2D eigenvalue weighted by Gasteiger charge is -2.31. The molecule has 1 fully saturated rings. The van der Waals surface area contributed by atoms with Gasteiger partial charge in [-0.15, -0.1) is 0 Å². The summed E-state index contributed by atoms with van der Waals surface area (Å²) in [7, 11) is -3.38. The van der Waals surface area contributed by atoms with Gasteiger partial charge in [-0.1, -0.05) is 6.92 Å². The lowest BCUT2D eigenvalue weighted by molar-refractivity contribution is -0.142. The van der Waals surface area contributed by atoms with Gasteiger partial charge in [0.25, 0.3) is 0 Å². The number of hydrogen-bond donors (Lipinski definition) is 1. The Morgan fingerprint density at radius 3 is 2.67 bits per heavy atom. The fourth-order valence-corrected chi connectivity index (χ4v) is 3.60. The van der Waals surface area contributed by atoms with Crippen LogP contribution in [0.2, 0.25) is 0 Å². The van der Waals surface area contributed by atoms with E-state index in [1.807, 2.05) is 0 Å². The molecule has 1 heterocycles. The zero-order valence-corrected chi connectivity index (χ0v) is 9.66. The summed E-state index contributed by atoms with van der Waals surface area (Å²) in [6.07, 6.45) is 2.49. The average molecular weight is 235 g/mol. The molecule has 0 aromatic heterocycles. The Balaban J connectivity index is 2.85. The highest BCUT2D eigenvalue weighted by Gasteiger charge is 2.35. The molecule has 0 saturated carbocycles. The van der Waals surface area contributed by atoms with Crippen molar-refractivity contribution in [1.82, 2.24) is 4.31 Å². The lowest BCUT2D eigenvalue weighted by atomic mass is 10.1. The predicted octanol–water partition coefficient (Wildman–Crippen LogP) is 0.665. The van der Waals surface area contributed by atoms with E-state index in [1.165, 1.54) is 0 Å². The molecule has 0 aliphatic carbocycles. The number of piperidine rings is 1. The van der Waals surface area contributed by atoms with Gasteiger partial charge >= 0.3 is 5.97 Å². The van der Waals surface area contributed by atoms with Crippen molar-refractivity contribution < 1.29 is 18.3 Å². The second kappa shape index (κ2) is 4.94. The van der Waals surface area contributed by atoms with Crippen molar-refractivity contribution in [3.8, 4) is 0 Å². The predicted molar refractivity (Wildman–Crippen MR) is 56.1 cm³/mol. The van der Waals surface area contributed by atoms with E-state index in [0.29, 0.717) is 19.4 Å². The largest absolute Gasteiger partial charge is 0.480 e. The summed E-state index contributed by atoms with van der Waals surface area (Å²) in [6.45, 7) is 2.12. The van der Waals surface area contributed by atoms with Gasteiger partial charge in [0, 0.05) is 6.54 Å². The van der Waals surface area contributed by atoms with Crippen molar-refractivity contribution in [3.63, 3.8) is 0 Å². The summed E-state index contributed by atoms with van der Waals surface area (Å²) in [6, 6.07) is -0.852. The Labute approximate surface area is 90.1 Å². The Bertz CT molecular complexity index is 325. The van der Waals surface area contributed by atoms with Crippen LogP contribution in [0.3, 0.4) is 0 Å². The normalized spacial score (nSPS) is 23.9. The van der Waals surface area contributed by atoms with Crippen molar-refractivity contribution in [2.75, 3.05) is 12.3 Å². The third-order valence-electron chi connectivity index (χ3n) is 2.56. The summed E-state index contributed by atoms with van der Waals surface area (Å²) < 4.78 is 24.7. The topological polar surface area (TPSA) is 74.7 Å². The molecule has 0 aromatic carbocycles. The number of carbonyl (C=O) groups is 1. The van der Waals surface area contributed by atoms with E-state index in [-0.39, 0.29) is 5.75 Å². The SMILES string of the molecule is CCCS(=O)(=O)N1CCCC[C@H]1C(=O)O. The van der Waals surface area contributed by atoms with E-state index >= 15 is 0 Å². The molecule has 6 heteroatoms. The van der Waals surface area contributed by atoms with Crippen molar-refractivity contribution in [3.05, 3.63) is 0 Å². The molecule has 1 atom stereocenters. The third kappa shape index (κ3) is 2.92. The van der Waals surface area contributed by atoms with Crippen LogP contribution >= 0.6 is 0 Å². The maximum Gasteiger partial charge on any atom is 0.322 e. The van der Waals surface area contributed by atoms with Crippen molar-refractivity contribution >= 4 is 16.0 Å². The first kappa shape index (κ1) is 12.4. The van der Waals surface area contributed by atoms with E-state index in [2.05, 4.69) is 0 Å². The van der Waals surface area contributed by atoms with Crippen molar-refractivity contribution in [1.29, 1.82) is 0 Å². The highest BCUT2D eigenvalue weighted by molar-refractivity contribution is 7.89. The number of rotatable bonds is 4. The molecule has 1 aliphatic rings. The second-order valence-electron chi connectivity index (χ2n) is 3.78. The average Bonchev–Trinajstić information content (AvgIpc) is 2.17. The molecule has 0 bridgehead atoms. The van der Waals surface area contributed by atoms with E-state index in [4.69, 9.17) is 5.11 Å². The molecule has 5 nitrogen and oxygen atoms in total. The zero-order valence-electron chi connectivity index (χ0n) is 8.85. The van der Waals surface area contributed by atoms with Crippen LogP contribution in [0.15, 0.2) is 0 Å². The Morgan fingerprint density at radius 1 is 1.47 bits per heavy atom. The van der Waals surface area contributed by atoms with Crippen LogP contribution in [0.1, 0.15) is 32.6 Å². The minimum Gasteiger partial charge on any atom is -0.480 e. The third-order valence-corrected chi connectivity index (χ3v) is 4.63. The highest BCUT2D eigenvalue weighted by atomic mass is 32.2. The fraction of sp³-hybridized carbons (Fsp3) is 0.889. The number of aliphatic carboxylic acids is 1. The van der Waals surface area contributed by atoms with E-state index < -0.39 is 22.0 Å². The monoisotopic (exact) mass is 235 g/mol. The van der Waals surface area contributed by atoms with Crippen LogP contribution in [-0.2, 0) is 14.8 Å². The smallest absolute Gasteiger partial charge is 0.322 e. The summed E-state index contributed by atoms with van der Waals surface area (Å²) in [4.78, 5) is 10.9. The van der Waals surface area contributed by atoms with E-state index in [1.54, 1.807) is 6.92 Å². The fourth-order valence-electron chi connectivity index (χ4n) is 1.86. The summed E-state index contributed by atoms with van der Waals surface area (Å²) >= 11 is 0. The van der Waals surface area contributed by atoms with Crippen molar-refractivity contribution in [2.24, 2.45) is 0 Å². The van der Waals surface area contributed by atoms with Gasteiger partial charge in [-0.05, 0) is 25.7 Å². The lowest BCUT2D eigenvalue weighted by Crippen LogP contribution is -2.48. The molecular formula is C9H17NO4S. The van der Waals surface area contributed by atoms with Gasteiger partial charge < -0.3 is 5.11 Å². The van der Waals surface area contributed by atoms with E-state index in [0.717, 1.165) is 17.1 Å². The number of carboxylic acids is 1. The van der Waals surface area contributed by atoms with Gasteiger partial charge in [-0.25, -0.2) is 8.42 Å². The van der Waals surface area contributed by atoms with Gasteiger partial charge in [0.2, 0.25) is 10.0 Å². The minimum absolute atomic E-state index is 0.0385. The molecule has 0 unspecified atom stereocenters. The molecular weight excluding hydrogens is 218 g/mol. The van der Waals surface area contributed by atoms with Crippen molar-refractivity contribution in [2.45, 2.75) is 38.6 Å². The van der Waals surface area contributed by atoms with Crippen LogP contribution in [-0.4, -0.2) is 42.1 Å². The molecule has 1 aliphatic heterocycles. The maximum atomic E-state index is 11.8. The van der Waals surface area contributed by atoms with Crippen LogP contribution in [0, 0.1) is 0 Å². The standard InChI is InChI=1S/C9H17NO4S/c1-2-7-15(13,14)10-6-4-3-5-8(10)9(11)12/h8H,2-7H2,1H3,(H,11,12)/t8-/m0/s1. The molecule has 1 rings (SSSR count).